The normalized spacial score (nSPS) is 12.7. The fourth-order valence-electron chi connectivity index (χ4n) is 3.67. The molecule has 2 amide bonds. The van der Waals surface area contributed by atoms with Crippen LogP contribution in [0.3, 0.4) is 0 Å². The highest BCUT2D eigenvalue weighted by atomic mass is 32.1. The van der Waals surface area contributed by atoms with Gasteiger partial charge in [0.1, 0.15) is 16.3 Å². The van der Waals surface area contributed by atoms with Gasteiger partial charge in [-0.25, -0.2) is 4.98 Å². The predicted molar refractivity (Wildman–Crippen MR) is 128 cm³/mol. The van der Waals surface area contributed by atoms with E-state index < -0.39 is 5.54 Å². The number of benzene rings is 2. The minimum Gasteiger partial charge on any atom is -0.497 e. The van der Waals surface area contributed by atoms with Gasteiger partial charge in [-0.1, -0.05) is 24.3 Å². The molecule has 0 aliphatic carbocycles. The number of thiazole rings is 1. The molecule has 0 aliphatic heterocycles. The van der Waals surface area contributed by atoms with Crippen molar-refractivity contribution in [2.75, 3.05) is 20.2 Å². The van der Waals surface area contributed by atoms with Crippen LogP contribution < -0.4 is 10.1 Å². The lowest BCUT2D eigenvalue weighted by molar-refractivity contribution is -0.120. The summed E-state index contributed by atoms with van der Waals surface area (Å²) in [5.74, 6) is 0.606. The standard InChI is InChI=1S/C25H29N3O3S/c1-6-28(7-2)23(30)19-10-8-9-18(15-19)22-16-32-24(26-22)25(4,27-17(3)29)20-11-13-21(31-5)14-12-20/h8-16H,6-7H2,1-5H3,(H,27,29). The summed E-state index contributed by atoms with van der Waals surface area (Å²) in [5, 5.41) is 5.77. The fourth-order valence-corrected chi connectivity index (χ4v) is 4.63. The molecule has 2 aromatic carbocycles. The number of hydrogen-bond donors (Lipinski definition) is 1. The summed E-state index contributed by atoms with van der Waals surface area (Å²) in [4.78, 5) is 31.5. The zero-order chi connectivity index (χ0) is 23.3. The molecule has 0 fully saturated rings. The Morgan fingerprint density at radius 3 is 2.41 bits per heavy atom. The summed E-state index contributed by atoms with van der Waals surface area (Å²) < 4.78 is 5.26. The third-order valence-electron chi connectivity index (χ3n) is 5.48. The van der Waals surface area contributed by atoms with Crippen LogP contribution in [0.2, 0.25) is 0 Å². The van der Waals surface area contributed by atoms with Gasteiger partial charge in [0, 0.05) is 36.5 Å². The first-order chi connectivity index (χ1) is 15.3. The van der Waals surface area contributed by atoms with Crippen LogP contribution in [0, 0.1) is 0 Å². The third kappa shape index (κ3) is 4.83. The molecule has 32 heavy (non-hydrogen) atoms. The van der Waals surface area contributed by atoms with Crippen molar-refractivity contribution in [3.63, 3.8) is 0 Å². The van der Waals surface area contributed by atoms with Crippen molar-refractivity contribution in [3.05, 3.63) is 70.0 Å². The molecule has 0 spiro atoms. The Labute approximate surface area is 193 Å². The van der Waals surface area contributed by atoms with Gasteiger partial charge in [-0.3, -0.25) is 9.59 Å². The van der Waals surface area contributed by atoms with Crippen LogP contribution in [0.1, 0.15) is 48.6 Å². The van der Waals surface area contributed by atoms with Crippen LogP contribution in [0.25, 0.3) is 11.3 Å². The lowest BCUT2D eigenvalue weighted by atomic mass is 9.92. The highest BCUT2D eigenvalue weighted by Gasteiger charge is 2.33. The van der Waals surface area contributed by atoms with Crippen LogP contribution in [-0.2, 0) is 10.3 Å². The first-order valence-corrected chi connectivity index (χ1v) is 11.5. The summed E-state index contributed by atoms with van der Waals surface area (Å²) in [6.45, 7) is 8.71. The van der Waals surface area contributed by atoms with Crippen molar-refractivity contribution in [2.45, 2.75) is 33.2 Å². The van der Waals surface area contributed by atoms with Gasteiger partial charge in [-0.2, -0.15) is 0 Å². The SMILES string of the molecule is CCN(CC)C(=O)c1cccc(-c2csc(C(C)(NC(C)=O)c3ccc(OC)cc3)n2)c1. The quantitative estimate of drug-likeness (QED) is 0.539. The van der Waals surface area contributed by atoms with Crippen molar-refractivity contribution in [3.8, 4) is 17.0 Å². The Kier molecular flexibility index (Phi) is 7.30. The minimum atomic E-state index is -0.796. The molecular formula is C25H29N3O3S. The maximum Gasteiger partial charge on any atom is 0.253 e. The number of nitrogens with zero attached hydrogens (tertiary/aromatic N) is 2. The Morgan fingerprint density at radius 2 is 1.81 bits per heavy atom. The molecule has 168 valence electrons. The van der Waals surface area contributed by atoms with Crippen LogP contribution in [0.15, 0.2) is 53.9 Å². The van der Waals surface area contributed by atoms with Crippen LogP contribution in [-0.4, -0.2) is 41.9 Å². The van der Waals surface area contributed by atoms with E-state index in [1.807, 2.05) is 74.7 Å². The zero-order valence-corrected chi connectivity index (χ0v) is 20.0. The molecule has 0 saturated heterocycles. The molecule has 0 saturated carbocycles. The molecule has 0 bridgehead atoms. The van der Waals surface area contributed by atoms with Crippen molar-refractivity contribution in [1.82, 2.24) is 15.2 Å². The van der Waals surface area contributed by atoms with Crippen molar-refractivity contribution in [1.29, 1.82) is 0 Å². The number of carbonyl (C=O) groups is 2. The number of hydrogen-bond acceptors (Lipinski definition) is 5. The molecule has 1 heterocycles. The average molecular weight is 452 g/mol. The number of aromatic nitrogens is 1. The first-order valence-electron chi connectivity index (χ1n) is 10.6. The summed E-state index contributed by atoms with van der Waals surface area (Å²) in [7, 11) is 1.62. The van der Waals surface area contributed by atoms with Crippen molar-refractivity contribution in [2.24, 2.45) is 0 Å². The van der Waals surface area contributed by atoms with E-state index in [1.54, 1.807) is 12.0 Å². The number of amides is 2. The van der Waals surface area contributed by atoms with E-state index in [-0.39, 0.29) is 11.8 Å². The number of carbonyl (C=O) groups excluding carboxylic acids is 2. The molecule has 3 aromatic rings. The Balaban J connectivity index is 1.98. The van der Waals surface area contributed by atoms with E-state index in [0.29, 0.717) is 18.7 Å². The predicted octanol–water partition coefficient (Wildman–Crippen LogP) is 4.70. The minimum absolute atomic E-state index is 0.00798. The molecular weight excluding hydrogens is 422 g/mol. The van der Waals surface area contributed by atoms with Crippen molar-refractivity contribution < 1.29 is 14.3 Å². The summed E-state index contributed by atoms with van der Waals surface area (Å²) in [6, 6.07) is 15.1. The molecule has 3 rings (SSSR count). The highest BCUT2D eigenvalue weighted by molar-refractivity contribution is 7.10. The maximum absolute atomic E-state index is 12.8. The van der Waals surface area contributed by atoms with Gasteiger partial charge in [-0.15, -0.1) is 11.3 Å². The second kappa shape index (κ2) is 9.96. The smallest absolute Gasteiger partial charge is 0.253 e. The Morgan fingerprint density at radius 1 is 1.12 bits per heavy atom. The number of ether oxygens (including phenoxy) is 1. The van der Waals surface area contributed by atoms with Crippen LogP contribution >= 0.6 is 11.3 Å². The monoisotopic (exact) mass is 451 g/mol. The van der Waals surface area contributed by atoms with Gasteiger partial charge in [0.15, 0.2) is 0 Å². The molecule has 6 nitrogen and oxygen atoms in total. The lowest BCUT2D eigenvalue weighted by Crippen LogP contribution is -2.43. The molecule has 7 heteroatoms. The largest absolute Gasteiger partial charge is 0.497 e. The summed E-state index contributed by atoms with van der Waals surface area (Å²) in [5.41, 5.74) is 2.38. The topological polar surface area (TPSA) is 71.5 Å². The average Bonchev–Trinajstić information content (AvgIpc) is 3.30. The third-order valence-corrected chi connectivity index (χ3v) is 6.55. The van der Waals surface area contributed by atoms with Gasteiger partial charge in [0.25, 0.3) is 5.91 Å². The summed E-state index contributed by atoms with van der Waals surface area (Å²) >= 11 is 1.48. The second-order valence-electron chi connectivity index (χ2n) is 7.63. The maximum atomic E-state index is 12.8. The zero-order valence-electron chi connectivity index (χ0n) is 19.1. The van der Waals surface area contributed by atoms with E-state index in [0.717, 1.165) is 27.6 Å². The van der Waals surface area contributed by atoms with Crippen LogP contribution in [0.5, 0.6) is 5.75 Å². The van der Waals surface area contributed by atoms with Gasteiger partial charge in [0.05, 0.1) is 12.8 Å². The fraction of sp³-hybridized carbons (Fsp3) is 0.320. The van der Waals surface area contributed by atoms with E-state index >= 15 is 0 Å². The van der Waals surface area contributed by atoms with E-state index in [4.69, 9.17) is 9.72 Å². The number of nitrogens with one attached hydrogen (secondary N) is 1. The summed E-state index contributed by atoms with van der Waals surface area (Å²) in [6.07, 6.45) is 0. The highest BCUT2D eigenvalue weighted by Crippen LogP contribution is 2.35. The number of methoxy groups -OCH3 is 1. The molecule has 1 unspecified atom stereocenters. The second-order valence-corrected chi connectivity index (χ2v) is 8.49. The Bertz CT molecular complexity index is 1090. The molecule has 0 aliphatic rings. The van der Waals surface area contributed by atoms with Gasteiger partial charge in [0.2, 0.25) is 5.91 Å². The molecule has 0 radical (unpaired) electrons. The first kappa shape index (κ1) is 23.5. The van der Waals surface area contributed by atoms with E-state index in [9.17, 15) is 9.59 Å². The van der Waals surface area contributed by atoms with Gasteiger partial charge >= 0.3 is 0 Å². The Hall–Kier alpha value is -3.19. The molecule has 1 atom stereocenters. The van der Waals surface area contributed by atoms with Crippen LogP contribution in [0.4, 0.5) is 0 Å². The van der Waals surface area contributed by atoms with E-state index in [2.05, 4.69) is 5.32 Å². The number of rotatable bonds is 8. The molecule has 1 N–H and O–H groups in total. The van der Waals surface area contributed by atoms with Gasteiger partial charge < -0.3 is 15.0 Å². The molecule has 1 aromatic heterocycles. The van der Waals surface area contributed by atoms with Crippen molar-refractivity contribution >= 4 is 23.2 Å². The van der Waals surface area contributed by atoms with Gasteiger partial charge in [-0.05, 0) is 50.6 Å². The van der Waals surface area contributed by atoms with E-state index in [1.165, 1.54) is 18.3 Å². The lowest BCUT2D eigenvalue weighted by Gasteiger charge is -2.29.